The van der Waals surface area contributed by atoms with Gasteiger partial charge < -0.3 is 4.57 Å². The lowest BCUT2D eigenvalue weighted by atomic mass is 10.0. The van der Waals surface area contributed by atoms with E-state index in [1.165, 1.54) is 29.0 Å². The van der Waals surface area contributed by atoms with Crippen LogP contribution in [0.5, 0.6) is 0 Å². The van der Waals surface area contributed by atoms with E-state index in [4.69, 9.17) is 0 Å². The molecule has 0 bridgehead atoms. The molecule has 0 atom stereocenters. The van der Waals surface area contributed by atoms with Gasteiger partial charge in [0.05, 0.1) is 16.6 Å². The van der Waals surface area contributed by atoms with Gasteiger partial charge in [-0.1, -0.05) is 41.2 Å². The maximum Gasteiger partial charge on any atom is 0.252 e. The number of benzene rings is 2. The molecule has 0 N–H and O–H groups in total. The number of halogens is 1. The molecule has 128 valence electrons. The van der Waals surface area contributed by atoms with Gasteiger partial charge in [-0.15, -0.1) is 6.58 Å². The first-order chi connectivity index (χ1) is 12.0. The number of aryl methyl sites for hydroxylation is 2. The summed E-state index contributed by atoms with van der Waals surface area (Å²) in [5.41, 5.74) is 4.08. The van der Waals surface area contributed by atoms with Crippen LogP contribution in [0.15, 0.2) is 54.0 Å². The van der Waals surface area contributed by atoms with Gasteiger partial charge in [0.25, 0.3) is 5.91 Å². The zero-order valence-electron chi connectivity index (χ0n) is 14.3. The summed E-state index contributed by atoms with van der Waals surface area (Å²) in [5.74, 6) is -0.510. The molecule has 0 saturated carbocycles. The van der Waals surface area contributed by atoms with E-state index in [9.17, 15) is 9.18 Å². The Labute approximate surface area is 149 Å². The first-order valence-corrected chi connectivity index (χ1v) is 8.83. The van der Waals surface area contributed by atoms with Gasteiger partial charge in [-0.05, 0) is 43.2 Å². The van der Waals surface area contributed by atoms with Crippen molar-refractivity contribution >= 4 is 27.5 Å². The van der Waals surface area contributed by atoms with Crippen LogP contribution in [0.1, 0.15) is 16.7 Å². The molecule has 0 aliphatic rings. The Kier molecular flexibility index (Phi) is 4.95. The number of thiazole rings is 1. The summed E-state index contributed by atoms with van der Waals surface area (Å²) in [4.78, 5) is 17.3. The van der Waals surface area contributed by atoms with Crippen LogP contribution in [0.4, 0.5) is 4.39 Å². The predicted octanol–water partition coefficient (Wildman–Crippen LogP) is 4.31. The summed E-state index contributed by atoms with van der Waals surface area (Å²) in [6.45, 7) is 8.29. The van der Waals surface area contributed by atoms with Gasteiger partial charge >= 0.3 is 0 Å². The fraction of sp³-hybridized carbons (Fsp3) is 0.200. The Morgan fingerprint density at radius 2 is 2.08 bits per heavy atom. The molecule has 3 aromatic rings. The highest BCUT2D eigenvalue weighted by Crippen LogP contribution is 2.19. The minimum absolute atomic E-state index is 0.211. The number of amides is 1. The van der Waals surface area contributed by atoms with Crippen LogP contribution in [0.25, 0.3) is 10.2 Å². The van der Waals surface area contributed by atoms with E-state index in [0.29, 0.717) is 11.3 Å². The highest BCUT2D eigenvalue weighted by Gasteiger charge is 2.09. The fourth-order valence-electron chi connectivity index (χ4n) is 2.79. The first kappa shape index (κ1) is 17.3. The van der Waals surface area contributed by atoms with E-state index in [-0.39, 0.29) is 18.1 Å². The molecule has 2 aromatic carbocycles. The van der Waals surface area contributed by atoms with Crippen molar-refractivity contribution in [2.24, 2.45) is 4.99 Å². The van der Waals surface area contributed by atoms with Gasteiger partial charge in [0.2, 0.25) is 0 Å². The van der Waals surface area contributed by atoms with Crippen molar-refractivity contribution in [3.8, 4) is 0 Å². The molecule has 0 aliphatic carbocycles. The molecule has 3 nitrogen and oxygen atoms in total. The van der Waals surface area contributed by atoms with Gasteiger partial charge in [-0.25, -0.2) is 4.39 Å². The quantitative estimate of drug-likeness (QED) is 0.643. The number of carbonyl (C=O) groups is 1. The lowest BCUT2D eigenvalue weighted by Gasteiger charge is -2.04. The summed E-state index contributed by atoms with van der Waals surface area (Å²) in [6.07, 6.45) is 1.99. The zero-order valence-corrected chi connectivity index (χ0v) is 15.1. The molecular weight excluding hydrogens is 335 g/mol. The lowest BCUT2D eigenvalue weighted by Crippen LogP contribution is -2.17. The Balaban J connectivity index is 2.00. The van der Waals surface area contributed by atoms with Crippen LogP contribution >= 0.6 is 11.3 Å². The zero-order chi connectivity index (χ0) is 18.0. The lowest BCUT2D eigenvalue weighted by molar-refractivity contribution is -0.117. The van der Waals surface area contributed by atoms with Crippen molar-refractivity contribution in [2.45, 2.75) is 26.8 Å². The molecule has 3 rings (SSSR count). The number of fused-ring (bicyclic) bond motifs is 1. The Morgan fingerprint density at radius 3 is 2.80 bits per heavy atom. The van der Waals surface area contributed by atoms with Gasteiger partial charge in [0.1, 0.15) is 5.82 Å². The highest BCUT2D eigenvalue weighted by molar-refractivity contribution is 7.16. The maximum absolute atomic E-state index is 13.5. The Morgan fingerprint density at radius 1 is 1.28 bits per heavy atom. The van der Waals surface area contributed by atoms with Gasteiger partial charge in [-0.2, -0.15) is 4.99 Å². The van der Waals surface area contributed by atoms with Crippen molar-refractivity contribution in [2.75, 3.05) is 0 Å². The Bertz CT molecular complexity index is 1030. The van der Waals surface area contributed by atoms with E-state index in [1.807, 2.05) is 30.5 Å². The summed E-state index contributed by atoms with van der Waals surface area (Å²) in [6, 6.07) is 10.6. The van der Waals surface area contributed by atoms with Crippen LogP contribution in [-0.2, 0) is 17.8 Å². The van der Waals surface area contributed by atoms with Crippen LogP contribution < -0.4 is 4.80 Å². The number of rotatable bonds is 4. The summed E-state index contributed by atoms with van der Waals surface area (Å²) >= 11 is 1.31. The Hall–Kier alpha value is -2.53. The molecule has 0 radical (unpaired) electrons. The molecule has 0 fully saturated rings. The summed E-state index contributed by atoms with van der Waals surface area (Å²) in [7, 11) is 0. The monoisotopic (exact) mass is 354 g/mol. The van der Waals surface area contributed by atoms with Crippen LogP contribution in [-0.4, -0.2) is 10.5 Å². The largest absolute Gasteiger partial charge is 0.313 e. The second kappa shape index (κ2) is 7.15. The number of aromatic nitrogens is 1. The van der Waals surface area contributed by atoms with Crippen molar-refractivity contribution in [3.63, 3.8) is 0 Å². The molecular formula is C20H19FN2OS. The third-order valence-electron chi connectivity index (χ3n) is 4.02. The van der Waals surface area contributed by atoms with E-state index >= 15 is 0 Å². The smallest absolute Gasteiger partial charge is 0.252 e. The van der Waals surface area contributed by atoms with Crippen molar-refractivity contribution < 1.29 is 9.18 Å². The highest BCUT2D eigenvalue weighted by atomic mass is 32.1. The topological polar surface area (TPSA) is 34.4 Å². The number of allylic oxidation sites excluding steroid dienone is 1. The SMILES string of the molecule is C=CCn1c(=NC(=O)Cc2ccc(C)cc2C)sc2cc(F)ccc21. The van der Waals surface area contributed by atoms with E-state index in [2.05, 4.69) is 17.6 Å². The minimum atomic E-state index is -0.298. The average molecular weight is 354 g/mol. The average Bonchev–Trinajstić information content (AvgIpc) is 2.87. The van der Waals surface area contributed by atoms with Gasteiger partial charge in [0, 0.05) is 6.54 Å². The van der Waals surface area contributed by atoms with Crippen molar-refractivity contribution in [3.05, 3.63) is 76.4 Å². The predicted molar refractivity (Wildman–Crippen MR) is 100 cm³/mol. The normalized spacial score (nSPS) is 11.9. The van der Waals surface area contributed by atoms with Gasteiger partial charge in [0.15, 0.2) is 4.80 Å². The molecule has 1 amide bonds. The molecule has 1 aromatic heterocycles. The van der Waals surface area contributed by atoms with Crippen LogP contribution in [0, 0.1) is 19.7 Å². The molecule has 0 spiro atoms. The second-order valence-corrected chi connectivity index (χ2v) is 7.02. The minimum Gasteiger partial charge on any atom is -0.313 e. The van der Waals surface area contributed by atoms with Crippen molar-refractivity contribution in [1.82, 2.24) is 4.57 Å². The third-order valence-corrected chi connectivity index (χ3v) is 5.06. The number of hydrogen-bond acceptors (Lipinski definition) is 2. The van der Waals surface area contributed by atoms with Crippen LogP contribution in [0.2, 0.25) is 0 Å². The van der Waals surface area contributed by atoms with Gasteiger partial charge in [-0.3, -0.25) is 4.79 Å². The first-order valence-electron chi connectivity index (χ1n) is 8.01. The number of carbonyl (C=O) groups excluding carboxylic acids is 1. The second-order valence-electron chi connectivity index (χ2n) is 6.01. The van der Waals surface area contributed by atoms with Crippen molar-refractivity contribution in [1.29, 1.82) is 0 Å². The molecule has 5 heteroatoms. The van der Waals surface area contributed by atoms with E-state index < -0.39 is 0 Å². The van der Waals surface area contributed by atoms with E-state index in [0.717, 1.165) is 21.3 Å². The standard InChI is InChI=1S/C20H19FN2OS/c1-4-9-23-17-8-7-16(21)12-18(17)25-20(23)22-19(24)11-15-6-5-13(2)10-14(15)3/h4-8,10,12H,1,9,11H2,2-3H3. The molecule has 0 saturated heterocycles. The maximum atomic E-state index is 13.5. The third kappa shape index (κ3) is 3.77. The fourth-order valence-corrected chi connectivity index (χ4v) is 3.87. The molecule has 0 aliphatic heterocycles. The number of hydrogen-bond donors (Lipinski definition) is 0. The molecule has 25 heavy (non-hydrogen) atoms. The number of nitrogens with zero attached hydrogens (tertiary/aromatic N) is 2. The molecule has 1 heterocycles. The molecule has 0 unspecified atom stereocenters. The van der Waals surface area contributed by atoms with E-state index in [1.54, 1.807) is 12.1 Å². The summed E-state index contributed by atoms with van der Waals surface area (Å²) in [5, 5.41) is 0. The van der Waals surface area contributed by atoms with Crippen LogP contribution in [0.3, 0.4) is 0 Å². The summed E-state index contributed by atoms with van der Waals surface area (Å²) < 4.78 is 16.1.